The Labute approximate surface area is 198 Å². The van der Waals surface area contributed by atoms with E-state index in [1.807, 2.05) is 6.07 Å². The van der Waals surface area contributed by atoms with Gasteiger partial charge in [-0.05, 0) is 48.6 Å². The van der Waals surface area contributed by atoms with Gasteiger partial charge in [0.05, 0.1) is 30.2 Å². The Morgan fingerprint density at radius 2 is 1.79 bits per heavy atom. The van der Waals surface area contributed by atoms with Crippen LogP contribution in [0, 0.1) is 0 Å². The predicted octanol–water partition coefficient (Wildman–Crippen LogP) is 3.85. The van der Waals surface area contributed by atoms with E-state index in [2.05, 4.69) is 4.98 Å². The number of hydrogen-bond acceptors (Lipinski definition) is 6. The van der Waals surface area contributed by atoms with Gasteiger partial charge in [0.1, 0.15) is 5.75 Å². The number of H-pyrrole nitrogens is 1. The monoisotopic (exact) mass is 484 g/mol. The topological polar surface area (TPSA) is 106 Å². The van der Waals surface area contributed by atoms with E-state index in [9.17, 15) is 18.0 Å². The van der Waals surface area contributed by atoms with Crippen molar-refractivity contribution in [1.29, 1.82) is 0 Å². The molecule has 34 heavy (non-hydrogen) atoms. The number of carbonyl (C=O) groups excluding carboxylic acids is 1. The number of aromatic amines is 1. The third kappa shape index (κ3) is 4.71. The van der Waals surface area contributed by atoms with Gasteiger partial charge in [0.2, 0.25) is 10.0 Å². The van der Waals surface area contributed by atoms with Gasteiger partial charge < -0.3 is 14.5 Å². The number of hydrogen-bond donors (Lipinski definition) is 1. The number of fused-ring (bicyclic) bond motifs is 1. The average molecular weight is 485 g/mol. The second-order valence-corrected chi connectivity index (χ2v) is 10.3. The number of ether oxygens (including phenoxy) is 2. The number of benzene rings is 2. The Balaban J connectivity index is 1.80. The van der Waals surface area contributed by atoms with Crippen LogP contribution in [0.5, 0.6) is 5.75 Å². The highest BCUT2D eigenvalue weighted by molar-refractivity contribution is 7.89. The zero-order valence-corrected chi connectivity index (χ0v) is 20.1. The Kier molecular flexibility index (Phi) is 7.04. The quantitative estimate of drug-likeness (QED) is 0.511. The van der Waals surface area contributed by atoms with Gasteiger partial charge in [-0.25, -0.2) is 13.2 Å². The van der Waals surface area contributed by atoms with E-state index in [4.69, 9.17) is 9.47 Å². The molecule has 8 nitrogen and oxygen atoms in total. The number of nitrogens with zero attached hydrogens (tertiary/aromatic N) is 1. The standard InChI is InChI=1S/C25H28N2O6S/c1-32-20-13-12-17-14-18(24(28)26-22(17)15-20)16-27(19-8-4-3-5-9-19)34(30,31)23-11-7-6-10-21(23)25(29)33-2/h6-7,10-15,19H,3-5,8-9,16H2,1-2H3,(H,26,28). The zero-order chi connectivity index (χ0) is 24.3. The van der Waals surface area contributed by atoms with Crippen LogP contribution in [0.2, 0.25) is 0 Å². The summed E-state index contributed by atoms with van der Waals surface area (Å²) in [5, 5.41) is 0.770. The number of aromatic nitrogens is 1. The first-order valence-corrected chi connectivity index (χ1v) is 12.7. The second kappa shape index (κ2) is 9.99. The Bertz CT molecular complexity index is 1360. The molecule has 1 aliphatic rings. The molecule has 1 N–H and O–H groups in total. The van der Waals surface area contributed by atoms with Crippen molar-refractivity contribution in [2.45, 2.75) is 49.6 Å². The zero-order valence-electron chi connectivity index (χ0n) is 19.2. The molecule has 0 amide bonds. The minimum atomic E-state index is -4.11. The van der Waals surface area contributed by atoms with Crippen molar-refractivity contribution in [2.75, 3.05) is 14.2 Å². The van der Waals surface area contributed by atoms with Crippen LogP contribution in [0.1, 0.15) is 48.0 Å². The molecule has 0 bridgehead atoms. The van der Waals surface area contributed by atoms with Crippen LogP contribution >= 0.6 is 0 Å². The summed E-state index contributed by atoms with van der Waals surface area (Å²) in [6.07, 6.45) is 4.25. The van der Waals surface area contributed by atoms with Crippen LogP contribution in [0.4, 0.5) is 0 Å². The molecule has 2 aromatic carbocycles. The lowest BCUT2D eigenvalue weighted by Crippen LogP contribution is -2.42. The maximum absolute atomic E-state index is 13.9. The van der Waals surface area contributed by atoms with E-state index in [0.29, 0.717) is 29.7 Å². The van der Waals surface area contributed by atoms with Crippen molar-refractivity contribution in [1.82, 2.24) is 9.29 Å². The Hall–Kier alpha value is -3.17. The molecular formula is C25H28N2O6S. The van der Waals surface area contributed by atoms with Gasteiger partial charge in [-0.2, -0.15) is 4.31 Å². The van der Waals surface area contributed by atoms with E-state index < -0.39 is 16.0 Å². The van der Waals surface area contributed by atoms with E-state index in [1.54, 1.807) is 37.4 Å². The molecule has 0 saturated heterocycles. The molecule has 3 aromatic rings. The van der Waals surface area contributed by atoms with E-state index in [0.717, 1.165) is 24.6 Å². The minimum absolute atomic E-state index is 0.0228. The fourth-order valence-corrected chi connectivity index (χ4v) is 6.36. The lowest BCUT2D eigenvalue weighted by Gasteiger charge is -2.33. The fourth-order valence-electron chi connectivity index (χ4n) is 4.51. The van der Waals surface area contributed by atoms with Crippen molar-refractivity contribution < 1.29 is 22.7 Å². The van der Waals surface area contributed by atoms with Crippen molar-refractivity contribution >= 4 is 26.9 Å². The third-order valence-electron chi connectivity index (χ3n) is 6.32. The number of carbonyl (C=O) groups is 1. The lowest BCUT2D eigenvalue weighted by atomic mass is 9.95. The largest absolute Gasteiger partial charge is 0.497 e. The summed E-state index contributed by atoms with van der Waals surface area (Å²) in [4.78, 5) is 28.0. The first kappa shape index (κ1) is 24.0. The van der Waals surface area contributed by atoms with Crippen molar-refractivity contribution in [3.05, 3.63) is 70.0 Å². The summed E-state index contributed by atoms with van der Waals surface area (Å²) in [6.45, 7) is -0.0974. The van der Waals surface area contributed by atoms with Crippen molar-refractivity contribution in [3.63, 3.8) is 0 Å². The smallest absolute Gasteiger partial charge is 0.339 e. The summed E-state index contributed by atoms with van der Waals surface area (Å²) in [6, 6.07) is 12.8. The molecular weight excluding hydrogens is 456 g/mol. The molecule has 0 unspecified atom stereocenters. The lowest BCUT2D eigenvalue weighted by molar-refractivity contribution is 0.0596. The molecule has 180 valence electrons. The first-order valence-electron chi connectivity index (χ1n) is 11.2. The molecule has 1 heterocycles. The first-order chi connectivity index (χ1) is 16.3. The molecule has 1 aromatic heterocycles. The van der Waals surface area contributed by atoms with Gasteiger partial charge in [-0.3, -0.25) is 4.79 Å². The Morgan fingerprint density at radius 3 is 2.50 bits per heavy atom. The van der Waals surface area contributed by atoms with Crippen LogP contribution in [-0.4, -0.2) is 43.9 Å². The highest BCUT2D eigenvalue weighted by atomic mass is 32.2. The third-order valence-corrected chi connectivity index (χ3v) is 8.27. The summed E-state index contributed by atoms with van der Waals surface area (Å²) < 4.78 is 39.3. The fraction of sp³-hybridized carbons (Fsp3) is 0.360. The van der Waals surface area contributed by atoms with E-state index in [1.165, 1.54) is 23.5 Å². The van der Waals surface area contributed by atoms with Gasteiger partial charge in [-0.1, -0.05) is 31.4 Å². The number of nitrogens with one attached hydrogen (secondary N) is 1. The molecule has 0 spiro atoms. The number of methoxy groups -OCH3 is 2. The van der Waals surface area contributed by atoms with Crippen molar-refractivity contribution in [3.8, 4) is 5.75 Å². The van der Waals surface area contributed by atoms with Crippen molar-refractivity contribution in [2.24, 2.45) is 0 Å². The second-order valence-electron chi connectivity index (χ2n) is 8.41. The predicted molar refractivity (Wildman–Crippen MR) is 129 cm³/mol. The summed E-state index contributed by atoms with van der Waals surface area (Å²) in [5.74, 6) is -0.109. The van der Waals surface area contributed by atoms with Crippen LogP contribution in [-0.2, 0) is 21.3 Å². The van der Waals surface area contributed by atoms with E-state index >= 15 is 0 Å². The highest BCUT2D eigenvalue weighted by Gasteiger charge is 2.35. The van der Waals surface area contributed by atoms with Gasteiger partial charge in [0.15, 0.2) is 0 Å². The molecule has 0 aliphatic heterocycles. The van der Waals surface area contributed by atoms with Crippen LogP contribution in [0.15, 0.2) is 58.2 Å². The maximum Gasteiger partial charge on any atom is 0.339 e. The molecule has 0 radical (unpaired) electrons. The minimum Gasteiger partial charge on any atom is -0.497 e. The van der Waals surface area contributed by atoms with Gasteiger partial charge >= 0.3 is 5.97 Å². The van der Waals surface area contributed by atoms with E-state index in [-0.39, 0.29) is 28.6 Å². The van der Waals surface area contributed by atoms with Gasteiger partial charge in [0, 0.05) is 24.2 Å². The maximum atomic E-state index is 13.9. The van der Waals surface area contributed by atoms with Gasteiger partial charge in [-0.15, -0.1) is 0 Å². The summed E-state index contributed by atoms with van der Waals surface area (Å²) >= 11 is 0. The van der Waals surface area contributed by atoms with Gasteiger partial charge in [0.25, 0.3) is 5.56 Å². The SMILES string of the molecule is COC(=O)c1ccccc1S(=O)(=O)N(Cc1cc2ccc(OC)cc2[nH]c1=O)C1CCCCC1. The normalized spacial score (nSPS) is 14.9. The number of rotatable bonds is 7. The number of pyridine rings is 1. The van der Waals surface area contributed by atoms with Crippen LogP contribution in [0.3, 0.4) is 0 Å². The average Bonchev–Trinajstić information content (AvgIpc) is 2.86. The van der Waals surface area contributed by atoms with Crippen LogP contribution in [0.25, 0.3) is 10.9 Å². The molecule has 1 saturated carbocycles. The summed E-state index contributed by atoms with van der Waals surface area (Å²) in [5.41, 5.74) is 0.557. The number of sulfonamides is 1. The molecule has 9 heteroatoms. The summed E-state index contributed by atoms with van der Waals surface area (Å²) in [7, 11) is -1.34. The molecule has 1 aliphatic carbocycles. The number of esters is 1. The molecule has 1 fully saturated rings. The highest BCUT2D eigenvalue weighted by Crippen LogP contribution is 2.31. The van der Waals surface area contributed by atoms with Crippen LogP contribution < -0.4 is 10.3 Å². The molecule has 4 rings (SSSR count). The Morgan fingerprint density at radius 1 is 1.06 bits per heavy atom. The molecule has 0 atom stereocenters.